The number of nitrogens with zero attached hydrogens (tertiary/aromatic N) is 3. The van der Waals surface area contributed by atoms with E-state index in [0.717, 1.165) is 12.1 Å². The molecule has 0 radical (unpaired) electrons. The van der Waals surface area contributed by atoms with Gasteiger partial charge in [0, 0.05) is 5.25 Å². The third-order valence-corrected chi connectivity index (χ3v) is 4.99. The van der Waals surface area contributed by atoms with E-state index in [4.69, 9.17) is 19.3 Å². The number of thioether (sulfide) groups is 1. The standard InChI is InChI=1S/C15H25N3O5S/c1-24-14-4-2-3-13(14)18-9-12(16-17-18)10-22-7-5-21-6-8-23-11-15(19)20/h9,13-14H,2-8,10-11H2,1H3,(H,19,20)/t13-,14-/m1/s1. The lowest BCUT2D eigenvalue weighted by Crippen LogP contribution is -2.16. The van der Waals surface area contributed by atoms with E-state index in [1.807, 2.05) is 22.6 Å². The van der Waals surface area contributed by atoms with E-state index in [0.29, 0.717) is 37.7 Å². The van der Waals surface area contributed by atoms with E-state index >= 15 is 0 Å². The summed E-state index contributed by atoms with van der Waals surface area (Å²) in [5.74, 6) is -0.979. The van der Waals surface area contributed by atoms with Crippen molar-refractivity contribution < 1.29 is 24.1 Å². The maximum atomic E-state index is 10.2. The molecule has 1 aromatic heterocycles. The molecule has 0 bridgehead atoms. The Morgan fingerprint density at radius 3 is 2.79 bits per heavy atom. The van der Waals surface area contributed by atoms with Gasteiger partial charge < -0.3 is 19.3 Å². The van der Waals surface area contributed by atoms with E-state index in [-0.39, 0.29) is 13.2 Å². The molecule has 1 heterocycles. The molecule has 0 aliphatic heterocycles. The Morgan fingerprint density at radius 1 is 1.29 bits per heavy atom. The molecular weight excluding hydrogens is 334 g/mol. The Bertz CT molecular complexity index is 499. The van der Waals surface area contributed by atoms with Gasteiger partial charge in [0.05, 0.1) is 45.3 Å². The van der Waals surface area contributed by atoms with Crippen molar-refractivity contribution in [3.05, 3.63) is 11.9 Å². The third kappa shape index (κ3) is 6.39. The van der Waals surface area contributed by atoms with Crippen molar-refractivity contribution in [1.29, 1.82) is 0 Å². The highest BCUT2D eigenvalue weighted by Gasteiger charge is 2.28. The highest BCUT2D eigenvalue weighted by atomic mass is 32.2. The summed E-state index contributed by atoms with van der Waals surface area (Å²) in [6.45, 7) is 1.61. The molecule has 24 heavy (non-hydrogen) atoms. The summed E-state index contributed by atoms with van der Waals surface area (Å²) in [6, 6.07) is 0.440. The number of carboxylic acid groups (broad SMARTS) is 1. The molecule has 1 N–H and O–H groups in total. The number of rotatable bonds is 12. The number of aromatic nitrogens is 3. The van der Waals surface area contributed by atoms with Crippen LogP contribution in [-0.4, -0.2) is 70.6 Å². The molecule has 0 unspecified atom stereocenters. The molecule has 1 aliphatic rings. The SMILES string of the molecule is CS[C@@H]1CCC[C@H]1n1cc(COCCOCCOCC(=O)O)nn1. The Hall–Kier alpha value is -1.16. The largest absolute Gasteiger partial charge is 0.480 e. The van der Waals surface area contributed by atoms with Crippen LogP contribution >= 0.6 is 11.8 Å². The lowest BCUT2D eigenvalue weighted by Gasteiger charge is -2.16. The highest BCUT2D eigenvalue weighted by molar-refractivity contribution is 7.99. The van der Waals surface area contributed by atoms with Gasteiger partial charge >= 0.3 is 5.97 Å². The second-order valence-electron chi connectivity index (χ2n) is 5.57. The van der Waals surface area contributed by atoms with Gasteiger partial charge in [-0.3, -0.25) is 0 Å². The summed E-state index contributed by atoms with van der Waals surface area (Å²) in [6.07, 6.45) is 7.77. The summed E-state index contributed by atoms with van der Waals surface area (Å²) in [5, 5.41) is 17.4. The van der Waals surface area contributed by atoms with Gasteiger partial charge in [0.25, 0.3) is 0 Å². The number of hydrogen-bond donors (Lipinski definition) is 1. The first kappa shape index (κ1) is 19.2. The van der Waals surface area contributed by atoms with Gasteiger partial charge in [-0.1, -0.05) is 11.6 Å². The van der Waals surface area contributed by atoms with E-state index in [2.05, 4.69) is 16.6 Å². The van der Waals surface area contributed by atoms with Gasteiger partial charge in [0.1, 0.15) is 12.3 Å². The monoisotopic (exact) mass is 359 g/mol. The number of ether oxygens (including phenoxy) is 3. The number of carboxylic acids is 1. The van der Waals surface area contributed by atoms with Gasteiger partial charge in [0.15, 0.2) is 0 Å². The van der Waals surface area contributed by atoms with Crippen molar-refractivity contribution in [3.8, 4) is 0 Å². The van der Waals surface area contributed by atoms with Crippen molar-refractivity contribution in [2.24, 2.45) is 0 Å². The van der Waals surface area contributed by atoms with Crippen LogP contribution in [0.25, 0.3) is 0 Å². The summed E-state index contributed by atoms with van der Waals surface area (Å²) < 4.78 is 17.6. The van der Waals surface area contributed by atoms with Gasteiger partial charge in [-0.25, -0.2) is 9.48 Å². The van der Waals surface area contributed by atoms with Gasteiger partial charge in [0.2, 0.25) is 0 Å². The molecule has 1 saturated carbocycles. The van der Waals surface area contributed by atoms with E-state index in [1.54, 1.807) is 0 Å². The topological polar surface area (TPSA) is 95.7 Å². The smallest absolute Gasteiger partial charge is 0.329 e. The average Bonchev–Trinajstić information content (AvgIpc) is 3.21. The fraction of sp³-hybridized carbons (Fsp3) is 0.800. The number of aliphatic carboxylic acids is 1. The van der Waals surface area contributed by atoms with Crippen molar-refractivity contribution in [3.63, 3.8) is 0 Å². The van der Waals surface area contributed by atoms with Crippen molar-refractivity contribution >= 4 is 17.7 Å². The molecule has 2 rings (SSSR count). The average molecular weight is 359 g/mol. The molecule has 0 spiro atoms. The zero-order chi connectivity index (χ0) is 17.2. The van der Waals surface area contributed by atoms with Gasteiger partial charge in [-0.05, 0) is 19.1 Å². The van der Waals surface area contributed by atoms with Crippen LogP contribution in [-0.2, 0) is 25.6 Å². The normalized spacial score (nSPS) is 20.5. The summed E-state index contributed by atoms with van der Waals surface area (Å²) in [4.78, 5) is 10.2. The van der Waals surface area contributed by atoms with Crippen LogP contribution in [0.3, 0.4) is 0 Å². The minimum absolute atomic E-state index is 0.263. The Kier molecular flexibility index (Phi) is 8.51. The van der Waals surface area contributed by atoms with Crippen molar-refractivity contribution in [1.82, 2.24) is 15.0 Å². The second kappa shape index (κ2) is 10.7. The fourth-order valence-electron chi connectivity index (χ4n) is 2.70. The third-order valence-electron chi connectivity index (χ3n) is 3.84. The van der Waals surface area contributed by atoms with Crippen LogP contribution in [0.15, 0.2) is 6.20 Å². The van der Waals surface area contributed by atoms with E-state index in [1.165, 1.54) is 12.8 Å². The summed E-state index contributed by atoms with van der Waals surface area (Å²) in [7, 11) is 0. The fourth-order valence-corrected chi connectivity index (χ4v) is 3.68. The molecule has 0 aromatic carbocycles. The van der Waals surface area contributed by atoms with Crippen LogP contribution in [0.1, 0.15) is 31.0 Å². The van der Waals surface area contributed by atoms with Crippen molar-refractivity contribution in [2.75, 3.05) is 39.3 Å². The van der Waals surface area contributed by atoms with Gasteiger partial charge in [-0.15, -0.1) is 5.10 Å². The molecule has 1 aliphatic carbocycles. The van der Waals surface area contributed by atoms with Crippen LogP contribution < -0.4 is 0 Å². The molecule has 8 nitrogen and oxygen atoms in total. The lowest BCUT2D eigenvalue weighted by molar-refractivity contribution is -0.142. The summed E-state index contributed by atoms with van der Waals surface area (Å²) in [5.41, 5.74) is 0.826. The Balaban J connectivity index is 1.54. The molecule has 1 aromatic rings. The first-order chi connectivity index (χ1) is 11.7. The second-order valence-corrected chi connectivity index (χ2v) is 6.65. The van der Waals surface area contributed by atoms with Crippen molar-refractivity contribution in [2.45, 2.75) is 37.2 Å². The molecule has 0 saturated heterocycles. The minimum Gasteiger partial charge on any atom is -0.480 e. The highest BCUT2D eigenvalue weighted by Crippen LogP contribution is 2.36. The zero-order valence-corrected chi connectivity index (χ0v) is 14.7. The van der Waals surface area contributed by atoms with Crippen LogP contribution in [0, 0.1) is 0 Å². The first-order valence-corrected chi connectivity index (χ1v) is 9.38. The zero-order valence-electron chi connectivity index (χ0n) is 13.9. The predicted molar refractivity (Wildman–Crippen MR) is 89.1 cm³/mol. The molecular formula is C15H25N3O5S. The molecule has 2 atom stereocenters. The molecule has 0 amide bonds. The summed E-state index contributed by atoms with van der Waals surface area (Å²) >= 11 is 1.90. The maximum absolute atomic E-state index is 10.2. The van der Waals surface area contributed by atoms with E-state index in [9.17, 15) is 4.79 Å². The number of carbonyl (C=O) groups is 1. The predicted octanol–water partition coefficient (Wildman–Crippen LogP) is 1.37. The Morgan fingerprint density at radius 2 is 2.04 bits per heavy atom. The molecule has 1 fully saturated rings. The van der Waals surface area contributed by atoms with Crippen LogP contribution in [0.4, 0.5) is 0 Å². The van der Waals surface area contributed by atoms with Gasteiger partial charge in [-0.2, -0.15) is 11.8 Å². The van der Waals surface area contributed by atoms with E-state index < -0.39 is 5.97 Å². The molecule has 9 heteroatoms. The lowest BCUT2D eigenvalue weighted by atomic mass is 10.2. The minimum atomic E-state index is -0.979. The maximum Gasteiger partial charge on any atom is 0.329 e. The molecule has 136 valence electrons. The number of hydrogen-bond acceptors (Lipinski definition) is 7. The first-order valence-electron chi connectivity index (χ1n) is 8.09. The Labute approximate surface area is 145 Å². The van der Waals surface area contributed by atoms with Crippen LogP contribution in [0.2, 0.25) is 0 Å². The van der Waals surface area contributed by atoms with Crippen LogP contribution in [0.5, 0.6) is 0 Å². The quantitative estimate of drug-likeness (QED) is 0.559.